The Bertz CT molecular complexity index is 800. The standard InChI is InChI=1S/C22H29N3O2S/c1-3-4-6-17-8-10-19(11-9-17)25-14-18(13-21(25)26)22(27)23-12-5-7-20-24-16(2)15-28-20/h8-11,15,18H,3-7,12-14H2,1-2H3,(H,23,27). The van der Waals surface area contributed by atoms with E-state index in [1.54, 1.807) is 16.2 Å². The normalized spacial score (nSPS) is 16.6. The molecule has 1 fully saturated rings. The van der Waals surface area contributed by atoms with Crippen molar-refractivity contribution in [2.75, 3.05) is 18.0 Å². The van der Waals surface area contributed by atoms with Gasteiger partial charge in [0.2, 0.25) is 11.8 Å². The maximum atomic E-state index is 12.5. The summed E-state index contributed by atoms with van der Waals surface area (Å²) in [7, 11) is 0. The van der Waals surface area contributed by atoms with Gasteiger partial charge in [-0.1, -0.05) is 25.5 Å². The van der Waals surface area contributed by atoms with Crippen LogP contribution in [0.2, 0.25) is 0 Å². The molecule has 28 heavy (non-hydrogen) atoms. The van der Waals surface area contributed by atoms with Gasteiger partial charge in [-0.25, -0.2) is 4.98 Å². The quantitative estimate of drug-likeness (QED) is 0.651. The van der Waals surface area contributed by atoms with E-state index >= 15 is 0 Å². The van der Waals surface area contributed by atoms with Crippen LogP contribution in [0.4, 0.5) is 5.69 Å². The second-order valence-electron chi connectivity index (χ2n) is 7.45. The van der Waals surface area contributed by atoms with Crippen LogP contribution in [0.15, 0.2) is 29.6 Å². The highest BCUT2D eigenvalue weighted by molar-refractivity contribution is 7.09. The number of carbonyl (C=O) groups is 2. The van der Waals surface area contributed by atoms with E-state index in [0.29, 0.717) is 13.1 Å². The molecule has 2 aromatic rings. The molecule has 1 aliphatic rings. The van der Waals surface area contributed by atoms with Crippen LogP contribution in [0.25, 0.3) is 0 Å². The van der Waals surface area contributed by atoms with Crippen LogP contribution < -0.4 is 10.2 Å². The van der Waals surface area contributed by atoms with Crippen molar-refractivity contribution in [2.24, 2.45) is 5.92 Å². The Labute approximate surface area is 171 Å². The van der Waals surface area contributed by atoms with Crippen LogP contribution in [0, 0.1) is 12.8 Å². The second kappa shape index (κ2) is 9.82. The topological polar surface area (TPSA) is 62.3 Å². The number of nitrogens with one attached hydrogen (secondary N) is 1. The maximum Gasteiger partial charge on any atom is 0.227 e. The molecule has 1 atom stereocenters. The van der Waals surface area contributed by atoms with Crippen LogP contribution in [-0.4, -0.2) is 29.9 Å². The average Bonchev–Trinajstić information content (AvgIpc) is 3.29. The van der Waals surface area contributed by atoms with Crippen LogP contribution in [-0.2, 0) is 22.4 Å². The van der Waals surface area contributed by atoms with Crippen molar-refractivity contribution >= 4 is 28.8 Å². The number of anilines is 1. The van der Waals surface area contributed by atoms with Gasteiger partial charge in [0.25, 0.3) is 0 Å². The number of aromatic nitrogens is 1. The average molecular weight is 400 g/mol. The monoisotopic (exact) mass is 399 g/mol. The number of unbranched alkanes of at least 4 members (excludes halogenated alkanes) is 1. The number of thiazole rings is 1. The molecule has 1 aromatic carbocycles. The molecule has 1 unspecified atom stereocenters. The number of benzene rings is 1. The Kier molecular flexibility index (Phi) is 7.20. The van der Waals surface area contributed by atoms with Gasteiger partial charge in [0.05, 0.1) is 10.9 Å². The van der Waals surface area contributed by atoms with Crippen molar-refractivity contribution in [1.29, 1.82) is 0 Å². The first-order valence-electron chi connectivity index (χ1n) is 10.1. The third kappa shape index (κ3) is 5.41. The minimum absolute atomic E-state index is 0.0225. The largest absolute Gasteiger partial charge is 0.356 e. The summed E-state index contributed by atoms with van der Waals surface area (Å²) in [6.07, 6.45) is 5.44. The van der Waals surface area contributed by atoms with Gasteiger partial charge in [-0.05, 0) is 43.9 Å². The summed E-state index contributed by atoms with van der Waals surface area (Å²) in [5.41, 5.74) is 3.23. The molecule has 0 aliphatic carbocycles. The van der Waals surface area contributed by atoms with Gasteiger partial charge in [-0.2, -0.15) is 0 Å². The van der Waals surface area contributed by atoms with Crippen LogP contribution in [0.1, 0.15) is 48.9 Å². The Hall–Kier alpha value is -2.21. The number of hydrogen-bond acceptors (Lipinski definition) is 4. The number of aryl methyl sites for hydroxylation is 3. The second-order valence-corrected chi connectivity index (χ2v) is 8.40. The van der Waals surface area contributed by atoms with Crippen molar-refractivity contribution in [3.8, 4) is 0 Å². The summed E-state index contributed by atoms with van der Waals surface area (Å²) >= 11 is 1.66. The fourth-order valence-electron chi connectivity index (χ4n) is 3.47. The zero-order chi connectivity index (χ0) is 19.9. The van der Waals surface area contributed by atoms with E-state index in [4.69, 9.17) is 0 Å². The third-order valence-corrected chi connectivity index (χ3v) is 6.12. The van der Waals surface area contributed by atoms with Crippen molar-refractivity contribution in [1.82, 2.24) is 10.3 Å². The molecule has 0 radical (unpaired) electrons. The predicted molar refractivity (Wildman–Crippen MR) is 114 cm³/mol. The Morgan fingerprint density at radius 2 is 2.04 bits per heavy atom. The third-order valence-electron chi connectivity index (χ3n) is 5.10. The Morgan fingerprint density at radius 3 is 2.71 bits per heavy atom. The number of rotatable bonds is 9. The van der Waals surface area contributed by atoms with Gasteiger partial charge in [-0.3, -0.25) is 9.59 Å². The summed E-state index contributed by atoms with van der Waals surface area (Å²) in [4.78, 5) is 31.0. The first kappa shape index (κ1) is 20.5. The van der Waals surface area contributed by atoms with E-state index < -0.39 is 0 Å². The lowest BCUT2D eigenvalue weighted by molar-refractivity contribution is -0.126. The van der Waals surface area contributed by atoms with Crippen LogP contribution in [0.3, 0.4) is 0 Å². The smallest absolute Gasteiger partial charge is 0.227 e. The predicted octanol–water partition coefficient (Wildman–Crippen LogP) is 3.90. The molecule has 3 rings (SSSR count). The minimum Gasteiger partial charge on any atom is -0.356 e. The van der Waals surface area contributed by atoms with E-state index in [0.717, 1.165) is 35.7 Å². The van der Waals surface area contributed by atoms with Gasteiger partial charge in [0.15, 0.2) is 0 Å². The fraction of sp³-hybridized carbons (Fsp3) is 0.500. The van der Waals surface area contributed by atoms with Gasteiger partial charge < -0.3 is 10.2 Å². The van der Waals surface area contributed by atoms with E-state index in [9.17, 15) is 9.59 Å². The maximum absolute atomic E-state index is 12.5. The fourth-order valence-corrected chi connectivity index (χ4v) is 4.29. The number of amides is 2. The summed E-state index contributed by atoms with van der Waals surface area (Å²) in [6, 6.07) is 8.18. The zero-order valence-electron chi connectivity index (χ0n) is 16.7. The first-order valence-corrected chi connectivity index (χ1v) is 11.0. The molecule has 5 nitrogen and oxygen atoms in total. The Balaban J connectivity index is 1.45. The van der Waals surface area contributed by atoms with Crippen LogP contribution >= 0.6 is 11.3 Å². The molecular formula is C22H29N3O2S. The molecule has 2 amide bonds. The molecule has 0 spiro atoms. The molecule has 1 aliphatic heterocycles. The number of hydrogen-bond donors (Lipinski definition) is 1. The first-order chi connectivity index (χ1) is 13.6. The zero-order valence-corrected chi connectivity index (χ0v) is 17.6. The van der Waals surface area contributed by atoms with Crippen molar-refractivity contribution in [3.05, 3.63) is 45.9 Å². The van der Waals surface area contributed by atoms with Gasteiger partial charge in [0, 0.05) is 42.7 Å². The highest BCUT2D eigenvalue weighted by atomic mass is 32.1. The van der Waals surface area contributed by atoms with Gasteiger partial charge in [-0.15, -0.1) is 11.3 Å². The van der Waals surface area contributed by atoms with Gasteiger partial charge >= 0.3 is 0 Å². The molecule has 1 N–H and O–H groups in total. The minimum atomic E-state index is -0.269. The number of carbonyl (C=O) groups excluding carboxylic acids is 2. The Morgan fingerprint density at radius 1 is 1.25 bits per heavy atom. The lowest BCUT2D eigenvalue weighted by atomic mass is 10.1. The van der Waals surface area contributed by atoms with Gasteiger partial charge in [0.1, 0.15) is 0 Å². The molecular weight excluding hydrogens is 370 g/mol. The highest BCUT2D eigenvalue weighted by Crippen LogP contribution is 2.26. The van der Waals surface area contributed by atoms with Crippen molar-refractivity contribution < 1.29 is 9.59 Å². The van der Waals surface area contributed by atoms with E-state index in [1.807, 2.05) is 24.4 Å². The molecule has 6 heteroatoms. The molecule has 150 valence electrons. The van der Waals surface area contributed by atoms with Crippen molar-refractivity contribution in [2.45, 2.75) is 52.4 Å². The number of nitrogens with zero attached hydrogens (tertiary/aromatic N) is 2. The van der Waals surface area contributed by atoms with E-state index in [2.05, 4.69) is 29.4 Å². The lowest BCUT2D eigenvalue weighted by Crippen LogP contribution is -2.33. The highest BCUT2D eigenvalue weighted by Gasteiger charge is 2.34. The summed E-state index contributed by atoms with van der Waals surface area (Å²) < 4.78 is 0. The van der Waals surface area contributed by atoms with Crippen LogP contribution in [0.5, 0.6) is 0 Å². The summed E-state index contributed by atoms with van der Waals surface area (Å²) in [5, 5.41) is 6.14. The molecule has 1 saturated heterocycles. The lowest BCUT2D eigenvalue weighted by Gasteiger charge is -2.17. The summed E-state index contributed by atoms with van der Waals surface area (Å²) in [6.45, 7) is 5.25. The summed E-state index contributed by atoms with van der Waals surface area (Å²) in [5.74, 6) is -0.264. The molecule has 1 aromatic heterocycles. The molecule has 0 bridgehead atoms. The van der Waals surface area contributed by atoms with Crippen molar-refractivity contribution in [3.63, 3.8) is 0 Å². The molecule has 2 heterocycles. The van der Waals surface area contributed by atoms with E-state index in [-0.39, 0.29) is 24.2 Å². The van der Waals surface area contributed by atoms with E-state index in [1.165, 1.54) is 18.4 Å². The molecule has 0 saturated carbocycles. The SMILES string of the molecule is CCCCc1ccc(N2CC(C(=O)NCCCc3nc(C)cs3)CC2=O)cc1.